The molecule has 0 aliphatic carbocycles. The second kappa shape index (κ2) is 7.50. The maximum absolute atomic E-state index is 5.54. The molecule has 2 aliphatic rings. The van der Waals surface area contributed by atoms with E-state index in [9.17, 15) is 0 Å². The van der Waals surface area contributed by atoms with Crippen molar-refractivity contribution in [1.82, 2.24) is 9.88 Å². The molecule has 132 valence electrons. The van der Waals surface area contributed by atoms with Gasteiger partial charge in [-0.15, -0.1) is 0 Å². The van der Waals surface area contributed by atoms with Crippen molar-refractivity contribution in [3.8, 4) is 16.9 Å². The summed E-state index contributed by atoms with van der Waals surface area (Å²) in [5, 5.41) is 0. The Bertz CT molecular complexity index is 738. The monoisotopic (exact) mass is 449 g/mol. The molecule has 2 bridgehead atoms. The van der Waals surface area contributed by atoms with Crippen LogP contribution in [-0.2, 0) is 0 Å². The van der Waals surface area contributed by atoms with E-state index in [2.05, 4.69) is 55.6 Å². The number of halogens is 1. The van der Waals surface area contributed by atoms with Crippen LogP contribution in [0.3, 0.4) is 0 Å². The molecule has 5 heteroatoms. The fourth-order valence-corrected chi connectivity index (χ4v) is 5.03. The van der Waals surface area contributed by atoms with Crippen LogP contribution in [-0.4, -0.2) is 46.7 Å². The van der Waals surface area contributed by atoms with Crippen molar-refractivity contribution in [2.45, 2.75) is 29.4 Å². The number of nitrogens with zero attached hydrogens (tertiary/aromatic N) is 3. The van der Waals surface area contributed by atoms with Crippen molar-refractivity contribution in [3.63, 3.8) is 0 Å². The topological polar surface area (TPSA) is 28.6 Å². The minimum atomic E-state index is 0.567. The first-order valence-electron chi connectivity index (χ1n) is 8.99. The molecule has 2 fully saturated rings. The summed E-state index contributed by atoms with van der Waals surface area (Å²) in [7, 11) is 1.72. The first-order valence-corrected chi connectivity index (χ1v) is 10.2. The molecule has 0 N–H and O–H groups in total. The number of anilines is 1. The van der Waals surface area contributed by atoms with Gasteiger partial charge in [-0.3, -0.25) is 9.88 Å². The quantitative estimate of drug-likeness (QED) is 0.399. The van der Waals surface area contributed by atoms with Crippen molar-refractivity contribution in [3.05, 3.63) is 42.7 Å². The predicted molar refractivity (Wildman–Crippen MR) is 111 cm³/mol. The van der Waals surface area contributed by atoms with Crippen LogP contribution in [0.25, 0.3) is 11.1 Å². The van der Waals surface area contributed by atoms with Gasteiger partial charge in [-0.2, -0.15) is 0 Å². The standard InChI is InChI=1S/C20H24IN3O/c1-25-19-7-3-2-6-18(19)15-11-17(13-22-12-15)24-14-20(21)23-9-4-5-16(24)8-10-23/h2-3,6-7,11-13,16,20H,4-5,8-10,14H2,1H3. The second-order valence-corrected chi connectivity index (χ2v) is 8.28. The smallest absolute Gasteiger partial charge is 0.126 e. The van der Waals surface area contributed by atoms with Gasteiger partial charge in [0.25, 0.3) is 0 Å². The summed E-state index contributed by atoms with van der Waals surface area (Å²) in [4.78, 5) is 9.78. The third-order valence-corrected chi connectivity index (χ3v) is 6.57. The molecule has 3 unspecified atom stereocenters. The lowest BCUT2D eigenvalue weighted by atomic mass is 10.0. The van der Waals surface area contributed by atoms with Crippen molar-refractivity contribution < 1.29 is 4.74 Å². The summed E-state index contributed by atoms with van der Waals surface area (Å²) in [6, 6.07) is 11.1. The highest BCUT2D eigenvalue weighted by Crippen LogP contribution is 2.34. The van der Waals surface area contributed by atoms with Crippen molar-refractivity contribution in [2.75, 3.05) is 31.6 Å². The van der Waals surface area contributed by atoms with E-state index in [1.54, 1.807) is 7.11 Å². The van der Waals surface area contributed by atoms with Gasteiger partial charge in [0.15, 0.2) is 0 Å². The number of para-hydroxylation sites is 1. The molecular weight excluding hydrogens is 425 g/mol. The van der Waals surface area contributed by atoms with E-state index in [1.165, 1.54) is 38.0 Å². The van der Waals surface area contributed by atoms with E-state index < -0.39 is 0 Å². The number of fused-ring (bicyclic) bond motifs is 3. The Morgan fingerprint density at radius 1 is 1.16 bits per heavy atom. The molecule has 0 spiro atoms. The number of rotatable bonds is 3. The second-order valence-electron chi connectivity index (χ2n) is 6.84. The number of aromatic nitrogens is 1. The highest BCUT2D eigenvalue weighted by molar-refractivity contribution is 14.1. The molecule has 0 radical (unpaired) electrons. The Hall–Kier alpha value is -1.34. The third-order valence-electron chi connectivity index (χ3n) is 5.39. The minimum Gasteiger partial charge on any atom is -0.496 e. The Morgan fingerprint density at radius 3 is 2.92 bits per heavy atom. The first-order chi connectivity index (χ1) is 12.3. The number of benzene rings is 1. The fourth-order valence-electron chi connectivity index (χ4n) is 4.05. The SMILES string of the molecule is COc1ccccc1-c1cncc(N2CC(I)N3CCCC2CC3)c1. The average Bonchev–Trinajstić information content (AvgIpc) is 2.99. The Labute approximate surface area is 163 Å². The largest absolute Gasteiger partial charge is 0.496 e. The molecule has 3 atom stereocenters. The van der Waals surface area contributed by atoms with E-state index in [1.807, 2.05) is 24.5 Å². The zero-order valence-electron chi connectivity index (χ0n) is 14.6. The normalized spacial score (nSPS) is 26.2. The number of pyridine rings is 1. The lowest BCUT2D eigenvalue weighted by Gasteiger charge is -2.35. The number of methoxy groups -OCH3 is 1. The van der Waals surface area contributed by atoms with Crippen LogP contribution < -0.4 is 9.64 Å². The Balaban J connectivity index is 1.69. The molecule has 3 heterocycles. The number of alkyl halides is 1. The summed E-state index contributed by atoms with van der Waals surface area (Å²) >= 11 is 2.60. The lowest BCUT2D eigenvalue weighted by molar-refractivity contribution is 0.285. The maximum atomic E-state index is 5.54. The molecule has 1 aromatic heterocycles. The van der Waals surface area contributed by atoms with Crippen LogP contribution >= 0.6 is 22.6 Å². The molecule has 1 aromatic carbocycles. The summed E-state index contributed by atoms with van der Waals surface area (Å²) in [6.45, 7) is 3.54. The molecule has 0 saturated carbocycles. The molecule has 2 aliphatic heterocycles. The molecule has 4 rings (SSSR count). The Kier molecular flexibility index (Phi) is 5.12. The van der Waals surface area contributed by atoms with Gasteiger partial charge in [-0.25, -0.2) is 0 Å². The fraction of sp³-hybridized carbons (Fsp3) is 0.450. The molecule has 2 saturated heterocycles. The van der Waals surface area contributed by atoms with Crippen LogP contribution in [0.5, 0.6) is 5.75 Å². The summed E-state index contributed by atoms with van der Waals surface area (Å²) in [5.74, 6) is 0.896. The van der Waals surface area contributed by atoms with Crippen LogP contribution in [0.1, 0.15) is 19.3 Å². The third kappa shape index (κ3) is 3.49. The van der Waals surface area contributed by atoms with E-state index >= 15 is 0 Å². The highest BCUT2D eigenvalue weighted by Gasteiger charge is 2.32. The highest BCUT2D eigenvalue weighted by atomic mass is 127. The van der Waals surface area contributed by atoms with Gasteiger partial charge in [0, 0.05) is 36.5 Å². The number of ether oxygens (including phenoxy) is 1. The van der Waals surface area contributed by atoms with Crippen LogP contribution in [0, 0.1) is 0 Å². The van der Waals surface area contributed by atoms with Gasteiger partial charge in [0.2, 0.25) is 0 Å². The van der Waals surface area contributed by atoms with Gasteiger partial charge in [-0.05, 0) is 37.9 Å². The van der Waals surface area contributed by atoms with Crippen molar-refractivity contribution in [2.24, 2.45) is 0 Å². The zero-order chi connectivity index (χ0) is 17.2. The van der Waals surface area contributed by atoms with Crippen molar-refractivity contribution in [1.29, 1.82) is 0 Å². The van der Waals surface area contributed by atoms with Crippen LogP contribution in [0.4, 0.5) is 5.69 Å². The van der Waals surface area contributed by atoms with Gasteiger partial charge >= 0.3 is 0 Å². The zero-order valence-corrected chi connectivity index (χ0v) is 16.7. The number of hydrogen-bond acceptors (Lipinski definition) is 4. The predicted octanol–water partition coefficient (Wildman–Crippen LogP) is 4.19. The van der Waals surface area contributed by atoms with E-state index in [4.69, 9.17) is 4.74 Å². The molecule has 4 nitrogen and oxygen atoms in total. The van der Waals surface area contributed by atoms with Gasteiger partial charge in [0.05, 0.1) is 23.0 Å². The molecule has 25 heavy (non-hydrogen) atoms. The Morgan fingerprint density at radius 2 is 2.04 bits per heavy atom. The first kappa shape index (κ1) is 17.1. The van der Waals surface area contributed by atoms with Gasteiger partial charge in [0.1, 0.15) is 5.75 Å². The molecular formula is C20H24IN3O. The van der Waals surface area contributed by atoms with E-state index in [-0.39, 0.29) is 0 Å². The number of hydrogen-bond donors (Lipinski definition) is 0. The van der Waals surface area contributed by atoms with Gasteiger partial charge < -0.3 is 9.64 Å². The van der Waals surface area contributed by atoms with Crippen LogP contribution in [0.15, 0.2) is 42.7 Å². The summed E-state index contributed by atoms with van der Waals surface area (Å²) in [5.41, 5.74) is 3.46. The van der Waals surface area contributed by atoms with E-state index in [0.717, 1.165) is 23.4 Å². The van der Waals surface area contributed by atoms with Crippen LogP contribution in [0.2, 0.25) is 0 Å². The minimum absolute atomic E-state index is 0.567. The van der Waals surface area contributed by atoms with Crippen molar-refractivity contribution >= 4 is 28.3 Å². The van der Waals surface area contributed by atoms with Gasteiger partial charge in [-0.1, -0.05) is 40.8 Å². The molecule has 0 amide bonds. The van der Waals surface area contributed by atoms with E-state index in [0.29, 0.717) is 10.1 Å². The average molecular weight is 449 g/mol. The molecule has 2 aromatic rings. The maximum Gasteiger partial charge on any atom is 0.126 e. The lowest BCUT2D eigenvalue weighted by Crippen LogP contribution is -2.42. The summed E-state index contributed by atoms with van der Waals surface area (Å²) in [6.07, 6.45) is 7.78. The summed E-state index contributed by atoms with van der Waals surface area (Å²) < 4.78 is 6.11.